The van der Waals surface area contributed by atoms with Crippen molar-refractivity contribution in [3.05, 3.63) is 29.8 Å². The minimum absolute atomic E-state index is 0.891. The summed E-state index contributed by atoms with van der Waals surface area (Å²) in [6.07, 6.45) is 8.42. The summed E-state index contributed by atoms with van der Waals surface area (Å²) in [4.78, 5) is 2.50. The Kier molecular flexibility index (Phi) is 5.18. The molecular formula is C19H30N2. The Morgan fingerprint density at radius 3 is 2.43 bits per heavy atom. The number of benzene rings is 1. The molecule has 0 amide bonds. The van der Waals surface area contributed by atoms with Crippen LogP contribution in [0.4, 0.5) is 5.69 Å². The maximum Gasteiger partial charge on any atom is 0.0366 e. The molecule has 3 rings (SSSR count). The van der Waals surface area contributed by atoms with Crippen LogP contribution in [0.2, 0.25) is 0 Å². The summed E-state index contributed by atoms with van der Waals surface area (Å²) in [5, 5.41) is 3.68. The molecule has 2 nitrogen and oxygen atoms in total. The fourth-order valence-electron chi connectivity index (χ4n) is 3.90. The van der Waals surface area contributed by atoms with Gasteiger partial charge in [-0.25, -0.2) is 0 Å². The van der Waals surface area contributed by atoms with E-state index in [0.29, 0.717) is 0 Å². The number of anilines is 1. The second-order valence-electron chi connectivity index (χ2n) is 7.01. The Balaban J connectivity index is 1.44. The summed E-state index contributed by atoms with van der Waals surface area (Å²) in [6.45, 7) is 7.10. The fourth-order valence-corrected chi connectivity index (χ4v) is 3.90. The Bertz CT molecular complexity index is 420. The van der Waals surface area contributed by atoms with E-state index in [2.05, 4.69) is 41.4 Å². The highest BCUT2D eigenvalue weighted by Crippen LogP contribution is 2.29. The largest absolute Gasteiger partial charge is 0.372 e. The van der Waals surface area contributed by atoms with Gasteiger partial charge in [-0.2, -0.15) is 0 Å². The average Bonchev–Trinajstić information content (AvgIpc) is 3.04. The molecular weight excluding hydrogens is 256 g/mol. The van der Waals surface area contributed by atoms with Crippen molar-refractivity contribution in [2.24, 2.45) is 11.8 Å². The van der Waals surface area contributed by atoms with Crippen LogP contribution in [0.3, 0.4) is 0 Å². The van der Waals surface area contributed by atoms with Crippen molar-refractivity contribution in [2.75, 3.05) is 24.5 Å². The summed E-state index contributed by atoms with van der Waals surface area (Å²) in [6, 6.07) is 9.19. The van der Waals surface area contributed by atoms with E-state index in [0.717, 1.165) is 18.4 Å². The molecule has 2 aliphatic rings. The Morgan fingerprint density at radius 1 is 1.00 bits per heavy atom. The van der Waals surface area contributed by atoms with Gasteiger partial charge in [0.15, 0.2) is 0 Å². The molecule has 2 fully saturated rings. The van der Waals surface area contributed by atoms with Gasteiger partial charge < -0.3 is 10.2 Å². The van der Waals surface area contributed by atoms with Crippen LogP contribution in [-0.4, -0.2) is 19.6 Å². The van der Waals surface area contributed by atoms with Crippen LogP contribution in [0.25, 0.3) is 0 Å². The van der Waals surface area contributed by atoms with Gasteiger partial charge in [0, 0.05) is 25.3 Å². The molecule has 116 valence electrons. The minimum Gasteiger partial charge on any atom is -0.372 e. The van der Waals surface area contributed by atoms with Gasteiger partial charge in [0.25, 0.3) is 0 Å². The van der Waals surface area contributed by atoms with Gasteiger partial charge in [-0.15, -0.1) is 0 Å². The predicted octanol–water partition coefficient (Wildman–Crippen LogP) is 4.20. The molecule has 2 heteroatoms. The van der Waals surface area contributed by atoms with Crippen molar-refractivity contribution in [3.8, 4) is 0 Å². The minimum atomic E-state index is 0.891. The molecule has 1 N–H and O–H groups in total. The van der Waals surface area contributed by atoms with E-state index in [-0.39, 0.29) is 0 Å². The molecule has 1 aromatic carbocycles. The second-order valence-corrected chi connectivity index (χ2v) is 7.01. The lowest BCUT2D eigenvalue weighted by molar-refractivity contribution is 0.247. The normalized spacial score (nSPS) is 26.2. The molecule has 0 radical (unpaired) electrons. The van der Waals surface area contributed by atoms with Crippen LogP contribution in [0, 0.1) is 11.8 Å². The summed E-state index contributed by atoms with van der Waals surface area (Å²) in [7, 11) is 0. The molecule has 1 heterocycles. The van der Waals surface area contributed by atoms with Crippen LogP contribution in [0.15, 0.2) is 24.3 Å². The van der Waals surface area contributed by atoms with Gasteiger partial charge in [-0.3, -0.25) is 0 Å². The highest BCUT2D eigenvalue weighted by molar-refractivity contribution is 5.48. The molecule has 0 spiro atoms. The van der Waals surface area contributed by atoms with Crippen molar-refractivity contribution in [1.82, 2.24) is 5.32 Å². The fraction of sp³-hybridized carbons (Fsp3) is 0.684. The summed E-state index contributed by atoms with van der Waals surface area (Å²) in [5.74, 6) is 1.80. The lowest BCUT2D eigenvalue weighted by Gasteiger charge is -2.29. The third-order valence-electron chi connectivity index (χ3n) is 5.43. The van der Waals surface area contributed by atoms with Crippen molar-refractivity contribution in [2.45, 2.75) is 52.0 Å². The van der Waals surface area contributed by atoms with E-state index in [4.69, 9.17) is 0 Å². The van der Waals surface area contributed by atoms with E-state index < -0.39 is 0 Å². The maximum absolute atomic E-state index is 3.68. The van der Waals surface area contributed by atoms with Gasteiger partial charge in [-0.1, -0.05) is 38.3 Å². The first-order valence-corrected chi connectivity index (χ1v) is 8.87. The molecule has 2 atom stereocenters. The highest BCUT2D eigenvalue weighted by atomic mass is 15.1. The molecule has 1 saturated carbocycles. The lowest BCUT2D eigenvalue weighted by Crippen LogP contribution is -2.29. The topological polar surface area (TPSA) is 15.3 Å². The quantitative estimate of drug-likeness (QED) is 0.872. The molecule has 1 saturated heterocycles. The lowest BCUT2D eigenvalue weighted by atomic mass is 9.80. The molecule has 2 unspecified atom stereocenters. The van der Waals surface area contributed by atoms with Gasteiger partial charge in [-0.05, 0) is 55.3 Å². The predicted molar refractivity (Wildman–Crippen MR) is 90.7 cm³/mol. The molecule has 1 aromatic rings. The number of hydrogen-bond donors (Lipinski definition) is 1. The highest BCUT2D eigenvalue weighted by Gasteiger charge is 2.20. The van der Waals surface area contributed by atoms with Crippen LogP contribution >= 0.6 is 0 Å². The van der Waals surface area contributed by atoms with E-state index in [1.807, 2.05) is 0 Å². The molecule has 21 heavy (non-hydrogen) atoms. The average molecular weight is 286 g/mol. The summed E-state index contributed by atoms with van der Waals surface area (Å²) >= 11 is 0. The maximum atomic E-state index is 3.68. The van der Waals surface area contributed by atoms with Crippen molar-refractivity contribution < 1.29 is 0 Å². The molecule has 0 bridgehead atoms. The van der Waals surface area contributed by atoms with E-state index >= 15 is 0 Å². The van der Waals surface area contributed by atoms with Crippen molar-refractivity contribution in [3.63, 3.8) is 0 Å². The summed E-state index contributed by atoms with van der Waals surface area (Å²) in [5.41, 5.74) is 2.82. The smallest absolute Gasteiger partial charge is 0.0366 e. The first-order valence-electron chi connectivity index (χ1n) is 8.87. The van der Waals surface area contributed by atoms with Crippen LogP contribution in [0.1, 0.15) is 51.0 Å². The van der Waals surface area contributed by atoms with Gasteiger partial charge in [0.05, 0.1) is 0 Å². The molecule has 1 aliphatic heterocycles. The Hall–Kier alpha value is -1.02. The first-order chi connectivity index (χ1) is 10.3. The van der Waals surface area contributed by atoms with Crippen molar-refractivity contribution in [1.29, 1.82) is 0 Å². The van der Waals surface area contributed by atoms with E-state index in [1.165, 1.54) is 69.4 Å². The number of rotatable bonds is 5. The standard InChI is InChI=1S/C19H30N2/c1-16-6-2-3-7-18(16)15-20-14-17-8-10-19(11-9-17)21-12-4-5-13-21/h8-11,16,18,20H,2-7,12-15H2,1H3. The monoisotopic (exact) mass is 286 g/mol. The van der Waals surface area contributed by atoms with Gasteiger partial charge in [0.1, 0.15) is 0 Å². The molecule has 1 aliphatic carbocycles. The summed E-state index contributed by atoms with van der Waals surface area (Å²) < 4.78 is 0. The molecule has 0 aromatic heterocycles. The number of nitrogens with one attached hydrogen (secondary N) is 1. The van der Waals surface area contributed by atoms with Gasteiger partial charge >= 0.3 is 0 Å². The first kappa shape index (κ1) is 14.9. The zero-order valence-electron chi connectivity index (χ0n) is 13.5. The third kappa shape index (κ3) is 4.00. The zero-order chi connectivity index (χ0) is 14.5. The SMILES string of the molecule is CC1CCCCC1CNCc1ccc(N2CCCC2)cc1. The van der Waals surface area contributed by atoms with Crippen LogP contribution in [-0.2, 0) is 6.54 Å². The van der Waals surface area contributed by atoms with Crippen LogP contribution < -0.4 is 10.2 Å². The number of hydrogen-bond acceptors (Lipinski definition) is 2. The Morgan fingerprint density at radius 2 is 1.71 bits per heavy atom. The van der Waals surface area contributed by atoms with E-state index in [9.17, 15) is 0 Å². The van der Waals surface area contributed by atoms with Gasteiger partial charge in [0.2, 0.25) is 0 Å². The zero-order valence-corrected chi connectivity index (χ0v) is 13.5. The van der Waals surface area contributed by atoms with Crippen LogP contribution in [0.5, 0.6) is 0 Å². The third-order valence-corrected chi connectivity index (χ3v) is 5.43. The second kappa shape index (κ2) is 7.31. The Labute approximate surface area is 129 Å². The van der Waals surface area contributed by atoms with E-state index in [1.54, 1.807) is 0 Å². The van der Waals surface area contributed by atoms with Crippen molar-refractivity contribution >= 4 is 5.69 Å². The number of nitrogens with zero attached hydrogens (tertiary/aromatic N) is 1.